The van der Waals surface area contributed by atoms with E-state index >= 15 is 0 Å². The van der Waals surface area contributed by atoms with E-state index in [0.717, 1.165) is 5.69 Å². The van der Waals surface area contributed by atoms with Gasteiger partial charge in [0.05, 0.1) is 29.4 Å². The first-order chi connectivity index (χ1) is 15.8. The van der Waals surface area contributed by atoms with Gasteiger partial charge in [0.15, 0.2) is 0 Å². The summed E-state index contributed by atoms with van der Waals surface area (Å²) in [6, 6.07) is 11.0. The number of carbonyl (C=O) groups is 2. The molecule has 0 spiro atoms. The number of amides is 2. The summed E-state index contributed by atoms with van der Waals surface area (Å²) in [5.74, 6) is -0.650. The third-order valence-corrected chi connectivity index (χ3v) is 5.74. The Morgan fingerprint density at radius 2 is 1.76 bits per heavy atom. The molecule has 4 rings (SSSR count). The van der Waals surface area contributed by atoms with Gasteiger partial charge in [0.25, 0.3) is 5.69 Å². The van der Waals surface area contributed by atoms with E-state index in [-0.39, 0.29) is 24.7 Å². The van der Waals surface area contributed by atoms with Crippen LogP contribution in [0.3, 0.4) is 0 Å². The van der Waals surface area contributed by atoms with Gasteiger partial charge in [-0.05, 0) is 30.3 Å². The largest absolute Gasteiger partial charge is 0.442 e. The monoisotopic (exact) mass is 457 g/mol. The lowest BCUT2D eigenvalue weighted by molar-refractivity contribution is -0.384. The lowest BCUT2D eigenvalue weighted by atomic mass is 10.2. The highest BCUT2D eigenvalue weighted by atomic mass is 19.1. The van der Waals surface area contributed by atoms with Crippen LogP contribution in [0, 0.1) is 15.9 Å². The van der Waals surface area contributed by atoms with Gasteiger partial charge in [0.1, 0.15) is 11.9 Å². The van der Waals surface area contributed by atoms with Gasteiger partial charge in [0.2, 0.25) is 5.91 Å². The molecule has 0 aliphatic carbocycles. The minimum Gasteiger partial charge on any atom is -0.442 e. The normalized spacial score (nSPS) is 18.3. The van der Waals surface area contributed by atoms with Crippen LogP contribution in [0.2, 0.25) is 0 Å². The highest BCUT2D eigenvalue weighted by Gasteiger charge is 2.33. The Balaban J connectivity index is 1.37. The van der Waals surface area contributed by atoms with E-state index in [1.165, 1.54) is 30.0 Å². The number of piperazine rings is 1. The van der Waals surface area contributed by atoms with Crippen molar-refractivity contribution in [2.75, 3.05) is 54.0 Å². The SMILES string of the molecule is CC(=O)NC[C@H]1CN(c2ccc(N3CCN(c4ccc([N+](=O)[O-])cc4)CC3)c(F)c2)C(=O)O1. The summed E-state index contributed by atoms with van der Waals surface area (Å²) in [5.41, 5.74) is 1.78. The Kier molecular flexibility index (Phi) is 6.29. The van der Waals surface area contributed by atoms with E-state index in [0.29, 0.717) is 37.6 Å². The third-order valence-electron chi connectivity index (χ3n) is 5.74. The molecule has 2 aliphatic rings. The second kappa shape index (κ2) is 9.31. The van der Waals surface area contributed by atoms with Crippen molar-refractivity contribution in [2.45, 2.75) is 13.0 Å². The molecule has 0 radical (unpaired) electrons. The minimum atomic E-state index is -0.575. The number of hydrogen-bond donors (Lipinski definition) is 1. The average Bonchev–Trinajstić information content (AvgIpc) is 3.18. The number of non-ortho nitro benzene ring substituents is 1. The molecule has 1 atom stereocenters. The predicted octanol–water partition coefficient (Wildman–Crippen LogP) is 2.52. The van der Waals surface area contributed by atoms with Crippen molar-refractivity contribution in [3.05, 3.63) is 58.4 Å². The second-order valence-electron chi connectivity index (χ2n) is 7.94. The number of nitro benzene ring substituents is 1. The van der Waals surface area contributed by atoms with Crippen LogP contribution in [0.4, 0.5) is 31.9 Å². The van der Waals surface area contributed by atoms with E-state index in [4.69, 9.17) is 4.74 Å². The lowest BCUT2D eigenvalue weighted by Crippen LogP contribution is -2.46. The molecule has 0 aromatic heterocycles. The number of hydrogen-bond acceptors (Lipinski definition) is 7. The zero-order valence-corrected chi connectivity index (χ0v) is 18.1. The van der Waals surface area contributed by atoms with Gasteiger partial charge in [-0.3, -0.25) is 19.8 Å². The van der Waals surface area contributed by atoms with E-state index in [2.05, 4.69) is 10.2 Å². The zero-order chi connectivity index (χ0) is 23.5. The first-order valence-corrected chi connectivity index (χ1v) is 10.6. The summed E-state index contributed by atoms with van der Waals surface area (Å²) in [4.78, 5) is 39.0. The summed E-state index contributed by atoms with van der Waals surface area (Å²) in [6.45, 7) is 4.26. The van der Waals surface area contributed by atoms with Crippen LogP contribution >= 0.6 is 0 Å². The summed E-state index contributed by atoms with van der Waals surface area (Å²) >= 11 is 0. The first-order valence-electron chi connectivity index (χ1n) is 10.6. The Morgan fingerprint density at radius 1 is 1.12 bits per heavy atom. The molecular weight excluding hydrogens is 433 g/mol. The van der Waals surface area contributed by atoms with Gasteiger partial charge in [-0.25, -0.2) is 9.18 Å². The van der Waals surface area contributed by atoms with Gasteiger partial charge in [-0.1, -0.05) is 0 Å². The fourth-order valence-electron chi connectivity index (χ4n) is 4.01. The molecule has 2 fully saturated rings. The number of ether oxygens (including phenoxy) is 1. The molecule has 2 aromatic rings. The molecule has 0 bridgehead atoms. The molecule has 1 N–H and O–H groups in total. The van der Waals surface area contributed by atoms with Crippen LogP contribution in [0.5, 0.6) is 0 Å². The molecule has 11 heteroatoms. The quantitative estimate of drug-likeness (QED) is 0.525. The van der Waals surface area contributed by atoms with E-state index in [9.17, 15) is 24.1 Å². The van der Waals surface area contributed by atoms with Gasteiger partial charge in [-0.2, -0.15) is 0 Å². The average molecular weight is 457 g/mol. The maximum atomic E-state index is 15.0. The molecule has 10 nitrogen and oxygen atoms in total. The highest BCUT2D eigenvalue weighted by molar-refractivity contribution is 5.90. The number of nitrogens with one attached hydrogen (secondary N) is 1. The molecule has 174 valence electrons. The van der Waals surface area contributed by atoms with Crippen molar-refractivity contribution < 1.29 is 23.6 Å². The number of carbonyl (C=O) groups excluding carboxylic acids is 2. The number of halogens is 1. The van der Waals surface area contributed by atoms with Crippen molar-refractivity contribution in [3.63, 3.8) is 0 Å². The number of nitro groups is 1. The Morgan fingerprint density at radius 3 is 2.36 bits per heavy atom. The lowest BCUT2D eigenvalue weighted by Gasteiger charge is -2.37. The standard InChI is InChI=1S/C22H24FN5O5/c1-15(29)24-13-19-14-27(22(30)33-19)18-6-7-21(20(23)12-18)26-10-8-25(9-11-26)16-2-4-17(5-3-16)28(31)32/h2-7,12,19H,8-11,13-14H2,1H3,(H,24,29)/t19-/m0/s1. The van der Waals surface area contributed by atoms with Gasteiger partial charge in [0, 0.05) is 50.9 Å². The summed E-state index contributed by atoms with van der Waals surface area (Å²) in [6.07, 6.45) is -1.06. The maximum absolute atomic E-state index is 15.0. The molecule has 2 aromatic carbocycles. The topological polar surface area (TPSA) is 108 Å². The van der Waals surface area contributed by atoms with Gasteiger partial charge in [-0.15, -0.1) is 0 Å². The van der Waals surface area contributed by atoms with Crippen LogP contribution in [-0.4, -0.2) is 62.3 Å². The Labute approximate surface area is 189 Å². The van der Waals surface area contributed by atoms with Crippen molar-refractivity contribution >= 4 is 34.7 Å². The molecule has 0 saturated carbocycles. The summed E-state index contributed by atoms with van der Waals surface area (Å²) in [7, 11) is 0. The van der Waals surface area contributed by atoms with Crippen molar-refractivity contribution in [1.82, 2.24) is 5.32 Å². The number of cyclic esters (lactones) is 1. The van der Waals surface area contributed by atoms with Crippen LogP contribution in [0.25, 0.3) is 0 Å². The van der Waals surface area contributed by atoms with Crippen molar-refractivity contribution in [1.29, 1.82) is 0 Å². The number of anilines is 3. The molecule has 2 aliphatic heterocycles. The minimum absolute atomic E-state index is 0.0443. The van der Waals surface area contributed by atoms with E-state index in [1.807, 2.05) is 4.90 Å². The molecular formula is C22H24FN5O5. The number of nitrogens with zero attached hydrogens (tertiary/aromatic N) is 4. The fourth-order valence-corrected chi connectivity index (χ4v) is 4.01. The predicted molar refractivity (Wildman–Crippen MR) is 120 cm³/mol. The molecule has 33 heavy (non-hydrogen) atoms. The van der Waals surface area contributed by atoms with Crippen LogP contribution in [0.1, 0.15) is 6.92 Å². The third kappa shape index (κ3) is 4.97. The van der Waals surface area contributed by atoms with Crippen LogP contribution in [0.15, 0.2) is 42.5 Å². The smallest absolute Gasteiger partial charge is 0.414 e. The van der Waals surface area contributed by atoms with Crippen LogP contribution < -0.4 is 20.0 Å². The van der Waals surface area contributed by atoms with Gasteiger partial charge < -0.3 is 19.9 Å². The fraction of sp³-hybridized carbons (Fsp3) is 0.364. The molecule has 0 unspecified atom stereocenters. The first kappa shape index (κ1) is 22.3. The molecule has 2 amide bonds. The van der Waals surface area contributed by atoms with Crippen molar-refractivity contribution in [2.24, 2.45) is 0 Å². The zero-order valence-electron chi connectivity index (χ0n) is 18.1. The number of rotatable bonds is 6. The van der Waals surface area contributed by atoms with Crippen molar-refractivity contribution in [3.8, 4) is 0 Å². The highest BCUT2D eigenvalue weighted by Crippen LogP contribution is 2.29. The molecule has 2 heterocycles. The number of benzene rings is 2. The Hall–Kier alpha value is -3.89. The van der Waals surface area contributed by atoms with Crippen LogP contribution in [-0.2, 0) is 9.53 Å². The summed E-state index contributed by atoms with van der Waals surface area (Å²) in [5, 5.41) is 13.4. The molecule has 2 saturated heterocycles. The van der Waals surface area contributed by atoms with Gasteiger partial charge >= 0.3 is 6.09 Å². The van der Waals surface area contributed by atoms with E-state index < -0.39 is 22.9 Å². The summed E-state index contributed by atoms with van der Waals surface area (Å²) < 4.78 is 20.2. The van der Waals surface area contributed by atoms with E-state index in [1.54, 1.807) is 24.3 Å². The second-order valence-corrected chi connectivity index (χ2v) is 7.94. The Bertz CT molecular complexity index is 1060. The maximum Gasteiger partial charge on any atom is 0.414 e.